The van der Waals surface area contributed by atoms with Gasteiger partial charge in [0, 0.05) is 0 Å². The number of hydrogen-bond acceptors (Lipinski definition) is 1. The van der Waals surface area contributed by atoms with Crippen molar-refractivity contribution in [3.63, 3.8) is 0 Å². The zero-order chi connectivity index (χ0) is 9.45. The Morgan fingerprint density at radius 3 is 1.92 bits per heavy atom. The molecule has 0 unspecified atom stereocenters. The molecule has 0 saturated heterocycles. The third-order valence-electron chi connectivity index (χ3n) is 2.68. The smallest absolute Gasteiger partial charge is 0.0234 e. The topological polar surface area (TPSA) is 35.0 Å². The highest BCUT2D eigenvalue weighted by Gasteiger charge is 2.23. The van der Waals surface area contributed by atoms with E-state index in [1.54, 1.807) is 0 Å². The monoisotopic (exact) mass is 182 g/mol. The van der Waals surface area contributed by atoms with Gasteiger partial charge in [-0.3, -0.25) is 0 Å². The van der Waals surface area contributed by atoms with Gasteiger partial charge in [-0.1, -0.05) is 26.0 Å². The maximum atomic E-state index is 3.80. The number of hydrogen-bond donors (Lipinski definition) is 1. The lowest BCUT2D eigenvalue weighted by Crippen LogP contribution is -2.18. The second-order valence-corrected chi connectivity index (χ2v) is 3.29. The van der Waals surface area contributed by atoms with E-state index in [-0.39, 0.29) is 6.15 Å². The van der Waals surface area contributed by atoms with Crippen molar-refractivity contribution in [3.05, 3.63) is 31.7 Å². The Morgan fingerprint density at radius 2 is 1.62 bits per heavy atom. The summed E-state index contributed by atoms with van der Waals surface area (Å²) in [6.07, 6.45) is 10.9. The van der Waals surface area contributed by atoms with Crippen molar-refractivity contribution in [1.29, 1.82) is 0 Å². The molecular formula is C12H24N. The summed E-state index contributed by atoms with van der Waals surface area (Å²) in [7, 11) is 0. The van der Waals surface area contributed by atoms with Crippen LogP contribution in [0.15, 0.2) is 25.3 Å². The fraction of sp³-hybridized carbons (Fsp3) is 0.583. The Kier molecular flexibility index (Phi) is 9.26. The first-order chi connectivity index (χ1) is 5.74. The molecule has 1 heteroatoms. The van der Waals surface area contributed by atoms with E-state index in [1.165, 1.54) is 12.8 Å². The first-order valence-corrected chi connectivity index (χ1v) is 4.80. The van der Waals surface area contributed by atoms with Crippen LogP contribution in [0.3, 0.4) is 0 Å². The molecule has 0 spiro atoms. The zero-order valence-corrected chi connectivity index (χ0v) is 9.18. The van der Waals surface area contributed by atoms with Crippen LogP contribution in [-0.2, 0) is 0 Å². The molecule has 1 radical (unpaired) electrons. The van der Waals surface area contributed by atoms with E-state index < -0.39 is 0 Å². The standard InChI is InChI=1S/C12H21.H3N/c1-5-9-11-12(7-3,8-4)10-6-2;/h5-6,11H,1-2,7-10H2,3-4H3;1H3. The first kappa shape index (κ1) is 14.9. The molecule has 0 atom stereocenters. The molecule has 0 aromatic carbocycles. The van der Waals surface area contributed by atoms with E-state index in [9.17, 15) is 0 Å². The maximum absolute atomic E-state index is 3.80. The predicted octanol–water partition coefficient (Wildman–Crippen LogP) is 4.31. The lowest BCUT2D eigenvalue weighted by molar-refractivity contribution is 0.319. The molecule has 0 saturated carbocycles. The van der Waals surface area contributed by atoms with Gasteiger partial charge in [0.25, 0.3) is 0 Å². The molecule has 0 fully saturated rings. The summed E-state index contributed by atoms with van der Waals surface area (Å²) in [5, 5.41) is 0. The minimum absolute atomic E-state index is 0. The molecule has 0 aliphatic heterocycles. The summed E-state index contributed by atoms with van der Waals surface area (Å²) in [5.74, 6) is 0. The van der Waals surface area contributed by atoms with Gasteiger partial charge >= 0.3 is 0 Å². The summed E-state index contributed by atoms with van der Waals surface area (Å²) in [6.45, 7) is 12.0. The average Bonchev–Trinajstić information content (AvgIpc) is 2.13. The second-order valence-electron chi connectivity index (χ2n) is 3.29. The maximum Gasteiger partial charge on any atom is -0.0234 e. The zero-order valence-electron chi connectivity index (χ0n) is 9.18. The van der Waals surface area contributed by atoms with Crippen molar-refractivity contribution in [2.45, 2.75) is 39.5 Å². The van der Waals surface area contributed by atoms with E-state index in [0.717, 1.165) is 12.8 Å². The molecule has 77 valence electrons. The Bertz CT molecular complexity index is 134. The van der Waals surface area contributed by atoms with Crippen LogP contribution in [-0.4, -0.2) is 0 Å². The van der Waals surface area contributed by atoms with Gasteiger partial charge < -0.3 is 6.15 Å². The van der Waals surface area contributed by atoms with Crippen LogP contribution in [0.4, 0.5) is 0 Å². The molecule has 0 rings (SSSR count). The van der Waals surface area contributed by atoms with Crippen LogP contribution in [0.2, 0.25) is 0 Å². The lowest BCUT2D eigenvalue weighted by Gasteiger charge is -2.29. The highest BCUT2D eigenvalue weighted by atomic mass is 14.3. The molecule has 1 nitrogen and oxygen atoms in total. The van der Waals surface area contributed by atoms with E-state index in [1.807, 2.05) is 12.2 Å². The van der Waals surface area contributed by atoms with E-state index >= 15 is 0 Å². The SMILES string of the molecule is C=CC[CH]C(CC)(CC)CC=C.N. The van der Waals surface area contributed by atoms with Gasteiger partial charge in [-0.2, -0.15) is 0 Å². The van der Waals surface area contributed by atoms with Gasteiger partial charge in [-0.25, -0.2) is 0 Å². The van der Waals surface area contributed by atoms with Crippen LogP contribution in [0, 0.1) is 11.8 Å². The normalized spacial score (nSPS) is 10.3. The summed E-state index contributed by atoms with van der Waals surface area (Å²) < 4.78 is 0. The van der Waals surface area contributed by atoms with E-state index in [4.69, 9.17) is 0 Å². The summed E-state index contributed by atoms with van der Waals surface area (Å²) in [5.41, 5.74) is 0.371. The van der Waals surface area contributed by atoms with Gasteiger partial charge in [-0.05, 0) is 37.5 Å². The van der Waals surface area contributed by atoms with Crippen LogP contribution < -0.4 is 6.15 Å². The van der Waals surface area contributed by atoms with E-state index in [0.29, 0.717) is 5.41 Å². The highest BCUT2D eigenvalue weighted by molar-refractivity contribution is 4.97. The van der Waals surface area contributed by atoms with Crippen molar-refractivity contribution in [2.24, 2.45) is 5.41 Å². The molecule has 0 amide bonds. The molecule has 0 aliphatic carbocycles. The Hall–Kier alpha value is -0.560. The van der Waals surface area contributed by atoms with Gasteiger partial charge in [0.2, 0.25) is 0 Å². The van der Waals surface area contributed by atoms with Crippen LogP contribution in [0.1, 0.15) is 39.5 Å². The molecule has 0 heterocycles. The molecule has 0 bridgehead atoms. The highest BCUT2D eigenvalue weighted by Crippen LogP contribution is 2.35. The fourth-order valence-corrected chi connectivity index (χ4v) is 1.53. The molecular weight excluding hydrogens is 158 g/mol. The quantitative estimate of drug-likeness (QED) is 0.585. The van der Waals surface area contributed by atoms with Gasteiger partial charge in [0.05, 0.1) is 0 Å². The largest absolute Gasteiger partial charge is 0.344 e. The van der Waals surface area contributed by atoms with Gasteiger partial charge in [0.1, 0.15) is 0 Å². The van der Waals surface area contributed by atoms with Gasteiger partial charge in [-0.15, -0.1) is 13.2 Å². The minimum Gasteiger partial charge on any atom is -0.344 e. The van der Waals surface area contributed by atoms with Crippen molar-refractivity contribution >= 4 is 0 Å². The fourth-order valence-electron chi connectivity index (χ4n) is 1.53. The summed E-state index contributed by atoms with van der Waals surface area (Å²) in [4.78, 5) is 0. The Morgan fingerprint density at radius 1 is 1.08 bits per heavy atom. The molecule has 0 aromatic rings. The number of rotatable bonds is 7. The van der Waals surface area contributed by atoms with Crippen LogP contribution >= 0.6 is 0 Å². The predicted molar refractivity (Wildman–Crippen MR) is 62.0 cm³/mol. The van der Waals surface area contributed by atoms with Crippen LogP contribution in [0.5, 0.6) is 0 Å². The molecule has 0 aromatic heterocycles. The molecule has 0 aliphatic rings. The van der Waals surface area contributed by atoms with Gasteiger partial charge in [0.15, 0.2) is 0 Å². The Balaban J connectivity index is 0. The lowest BCUT2D eigenvalue weighted by atomic mass is 9.75. The Labute approximate surface area is 83.5 Å². The molecule has 3 N–H and O–H groups in total. The van der Waals surface area contributed by atoms with Crippen molar-refractivity contribution in [2.75, 3.05) is 0 Å². The molecule has 13 heavy (non-hydrogen) atoms. The van der Waals surface area contributed by atoms with Crippen molar-refractivity contribution < 1.29 is 0 Å². The van der Waals surface area contributed by atoms with E-state index in [2.05, 4.69) is 33.4 Å². The van der Waals surface area contributed by atoms with Crippen molar-refractivity contribution in [1.82, 2.24) is 6.15 Å². The third kappa shape index (κ3) is 4.89. The average molecular weight is 182 g/mol. The van der Waals surface area contributed by atoms with Crippen molar-refractivity contribution in [3.8, 4) is 0 Å². The number of allylic oxidation sites excluding steroid dienone is 2. The first-order valence-electron chi connectivity index (χ1n) is 4.80. The summed E-state index contributed by atoms with van der Waals surface area (Å²) >= 11 is 0. The third-order valence-corrected chi connectivity index (χ3v) is 2.68. The minimum atomic E-state index is 0. The second kappa shape index (κ2) is 8.06. The van der Waals surface area contributed by atoms with Crippen LogP contribution in [0.25, 0.3) is 0 Å². The summed E-state index contributed by atoms with van der Waals surface area (Å²) in [6, 6.07) is 0.